The predicted octanol–water partition coefficient (Wildman–Crippen LogP) is -2.65. The lowest BCUT2D eigenvalue weighted by Crippen LogP contribution is -2.59. The molecule has 136 valence electrons. The summed E-state index contributed by atoms with van der Waals surface area (Å²) in [7, 11) is -12.0. The van der Waals surface area contributed by atoms with Crippen LogP contribution in [0.15, 0.2) is 0 Å². The van der Waals surface area contributed by atoms with Crippen LogP contribution < -0.4 is 5.32 Å². The molecule has 0 amide bonds. The first-order chi connectivity index (χ1) is 10.3. The van der Waals surface area contributed by atoms with Crippen LogP contribution in [-0.2, 0) is 47.6 Å². The molecule has 2 rings (SSSR count). The van der Waals surface area contributed by atoms with Gasteiger partial charge in [0, 0.05) is 6.54 Å². The molecule has 0 unspecified atom stereocenters. The van der Waals surface area contributed by atoms with Crippen molar-refractivity contribution in [1.82, 2.24) is 5.32 Å². The van der Waals surface area contributed by atoms with Gasteiger partial charge in [-0.05, 0) is 0 Å². The zero-order valence-electron chi connectivity index (χ0n) is 12.4. The van der Waals surface area contributed by atoms with Crippen LogP contribution in [0.4, 0.5) is 0 Å². The first-order valence-electron chi connectivity index (χ1n) is 6.29. The standard InChI is InChI=1S/C9H17NO10S3/c1-21(11,12)18-6-5-4-10-9(17-5)8(20-23(3,15)16)7(6)19-22(2,13)14/h5-10H,4H2,1-3H3/t5-,6-,7+,8+,9-/m1/s1. The van der Waals surface area contributed by atoms with E-state index in [1.54, 1.807) is 0 Å². The van der Waals surface area contributed by atoms with Gasteiger partial charge in [-0.25, -0.2) is 0 Å². The molecule has 1 N–H and O–H groups in total. The smallest absolute Gasteiger partial charge is 0.264 e. The number of hydrogen-bond acceptors (Lipinski definition) is 11. The monoisotopic (exact) mass is 395 g/mol. The van der Waals surface area contributed by atoms with Gasteiger partial charge >= 0.3 is 0 Å². The molecule has 0 saturated carbocycles. The van der Waals surface area contributed by atoms with Gasteiger partial charge in [0.15, 0.2) is 0 Å². The minimum Gasteiger partial charge on any atom is -0.353 e. The third-order valence-corrected chi connectivity index (χ3v) is 4.73. The third-order valence-electron chi connectivity index (χ3n) is 3.01. The highest BCUT2D eigenvalue weighted by Gasteiger charge is 2.55. The molecule has 14 heteroatoms. The van der Waals surface area contributed by atoms with Crippen LogP contribution in [0.2, 0.25) is 0 Å². The van der Waals surface area contributed by atoms with Gasteiger partial charge in [-0.15, -0.1) is 0 Å². The van der Waals surface area contributed by atoms with Gasteiger partial charge in [0.2, 0.25) is 0 Å². The van der Waals surface area contributed by atoms with E-state index < -0.39 is 61.0 Å². The van der Waals surface area contributed by atoms with E-state index in [1.807, 2.05) is 0 Å². The van der Waals surface area contributed by atoms with Crippen molar-refractivity contribution in [2.24, 2.45) is 0 Å². The number of fused-ring (bicyclic) bond motifs is 2. The third kappa shape index (κ3) is 5.32. The van der Waals surface area contributed by atoms with Crippen LogP contribution >= 0.6 is 0 Å². The van der Waals surface area contributed by atoms with Gasteiger partial charge in [-0.2, -0.15) is 25.3 Å². The fourth-order valence-corrected chi connectivity index (χ4v) is 4.29. The Hall–Kier alpha value is -0.350. The highest BCUT2D eigenvalue weighted by molar-refractivity contribution is 7.86. The molecular weight excluding hydrogens is 378 g/mol. The van der Waals surface area contributed by atoms with Gasteiger partial charge in [-0.3, -0.25) is 17.9 Å². The topological polar surface area (TPSA) is 151 Å². The van der Waals surface area contributed by atoms with Crippen molar-refractivity contribution in [2.75, 3.05) is 25.3 Å². The summed E-state index contributed by atoms with van der Waals surface area (Å²) in [5, 5.41) is 2.76. The summed E-state index contributed by atoms with van der Waals surface area (Å²) in [6.45, 7) is 0.109. The molecule has 2 fully saturated rings. The Kier molecular flexibility index (Phi) is 5.10. The second kappa shape index (κ2) is 6.18. The van der Waals surface area contributed by atoms with Crippen LogP contribution in [0.5, 0.6) is 0 Å². The average Bonchev–Trinajstić information content (AvgIpc) is 2.71. The molecular formula is C9H17NO10S3. The Morgan fingerprint density at radius 3 is 1.70 bits per heavy atom. The Morgan fingerprint density at radius 1 is 0.783 bits per heavy atom. The normalized spacial score (nSPS) is 35.3. The maximum Gasteiger partial charge on any atom is 0.264 e. The van der Waals surface area contributed by atoms with Crippen LogP contribution in [0.1, 0.15) is 0 Å². The molecule has 0 aromatic rings. The van der Waals surface area contributed by atoms with Gasteiger partial charge in [0.25, 0.3) is 30.4 Å². The van der Waals surface area contributed by atoms with E-state index in [2.05, 4.69) is 5.32 Å². The molecule has 5 atom stereocenters. The largest absolute Gasteiger partial charge is 0.353 e. The lowest BCUT2D eigenvalue weighted by Gasteiger charge is -2.38. The fourth-order valence-electron chi connectivity index (χ4n) is 2.41. The highest BCUT2D eigenvalue weighted by Crippen LogP contribution is 2.32. The summed E-state index contributed by atoms with van der Waals surface area (Å²) in [6, 6.07) is 0. The molecule has 2 heterocycles. The van der Waals surface area contributed by atoms with Gasteiger partial charge in [0.1, 0.15) is 30.6 Å². The summed E-state index contributed by atoms with van der Waals surface area (Å²) in [6.07, 6.45) is -3.91. The number of rotatable bonds is 6. The molecule has 2 bridgehead atoms. The Labute approximate surface area is 134 Å². The van der Waals surface area contributed by atoms with E-state index in [4.69, 9.17) is 17.3 Å². The summed E-state index contributed by atoms with van der Waals surface area (Å²) in [4.78, 5) is 0. The molecule has 2 saturated heterocycles. The van der Waals surface area contributed by atoms with E-state index in [1.165, 1.54) is 0 Å². The minimum atomic E-state index is -4.05. The second-order valence-electron chi connectivity index (χ2n) is 5.30. The number of ether oxygens (including phenoxy) is 1. The minimum absolute atomic E-state index is 0.109. The number of hydrogen-bond donors (Lipinski definition) is 1. The quantitative estimate of drug-likeness (QED) is 0.469. The van der Waals surface area contributed by atoms with Crippen molar-refractivity contribution in [2.45, 2.75) is 30.6 Å². The van der Waals surface area contributed by atoms with E-state index in [0.29, 0.717) is 0 Å². The summed E-state index contributed by atoms with van der Waals surface area (Å²) in [5.74, 6) is 0. The van der Waals surface area contributed by atoms with Crippen molar-refractivity contribution < 1.29 is 42.5 Å². The van der Waals surface area contributed by atoms with Crippen LogP contribution in [0.3, 0.4) is 0 Å². The zero-order valence-corrected chi connectivity index (χ0v) is 14.9. The molecule has 0 spiro atoms. The number of nitrogens with one attached hydrogen (secondary N) is 1. The summed E-state index contributed by atoms with van der Waals surface area (Å²) >= 11 is 0. The van der Waals surface area contributed by atoms with Gasteiger partial charge < -0.3 is 4.74 Å². The Bertz CT molecular complexity index is 709. The van der Waals surface area contributed by atoms with Crippen molar-refractivity contribution >= 4 is 30.4 Å². The zero-order chi connectivity index (χ0) is 17.6. The molecule has 0 aromatic heterocycles. The first-order valence-corrected chi connectivity index (χ1v) is 11.7. The van der Waals surface area contributed by atoms with Crippen molar-refractivity contribution in [3.8, 4) is 0 Å². The second-order valence-corrected chi connectivity index (χ2v) is 10.1. The fraction of sp³-hybridized carbons (Fsp3) is 1.00. The van der Waals surface area contributed by atoms with Crippen LogP contribution in [0, 0.1) is 0 Å². The average molecular weight is 395 g/mol. The first kappa shape index (κ1) is 19.0. The molecule has 0 radical (unpaired) electrons. The van der Waals surface area contributed by atoms with E-state index in [0.717, 1.165) is 18.8 Å². The molecule has 2 aliphatic rings. The maximum atomic E-state index is 11.5. The van der Waals surface area contributed by atoms with Crippen LogP contribution in [-0.4, -0.2) is 81.2 Å². The molecule has 2 aliphatic heterocycles. The molecule has 0 aliphatic carbocycles. The summed E-state index contributed by atoms with van der Waals surface area (Å²) < 4.78 is 88.5. The molecule has 0 aromatic carbocycles. The Morgan fingerprint density at radius 2 is 1.22 bits per heavy atom. The highest BCUT2D eigenvalue weighted by atomic mass is 32.2. The van der Waals surface area contributed by atoms with E-state index in [-0.39, 0.29) is 6.54 Å². The van der Waals surface area contributed by atoms with Crippen molar-refractivity contribution in [3.63, 3.8) is 0 Å². The summed E-state index contributed by atoms with van der Waals surface area (Å²) in [5.41, 5.74) is 0. The lowest BCUT2D eigenvalue weighted by molar-refractivity contribution is -0.168. The van der Waals surface area contributed by atoms with Crippen molar-refractivity contribution in [1.29, 1.82) is 0 Å². The molecule has 11 nitrogen and oxygen atoms in total. The van der Waals surface area contributed by atoms with E-state index >= 15 is 0 Å². The maximum absolute atomic E-state index is 11.5. The van der Waals surface area contributed by atoms with Crippen LogP contribution in [0.25, 0.3) is 0 Å². The SMILES string of the molecule is CS(=O)(=O)O[C@@H]1[C@H](OS(C)(=O)=O)[C@@H]2NC[C@@H](O2)[C@H]1OS(C)(=O)=O. The van der Waals surface area contributed by atoms with Gasteiger partial charge in [0.05, 0.1) is 18.8 Å². The predicted molar refractivity (Wildman–Crippen MR) is 75.8 cm³/mol. The van der Waals surface area contributed by atoms with Gasteiger partial charge in [-0.1, -0.05) is 0 Å². The lowest BCUT2D eigenvalue weighted by atomic mass is 10.0. The van der Waals surface area contributed by atoms with Crippen molar-refractivity contribution in [3.05, 3.63) is 0 Å². The van der Waals surface area contributed by atoms with E-state index in [9.17, 15) is 25.3 Å². The Balaban J connectivity index is 2.41. The molecule has 23 heavy (non-hydrogen) atoms.